The van der Waals surface area contributed by atoms with Gasteiger partial charge in [-0.25, -0.2) is 0 Å². The minimum absolute atomic E-state index is 0.683. The van der Waals surface area contributed by atoms with Gasteiger partial charge in [0.15, 0.2) is 0 Å². The van der Waals surface area contributed by atoms with Gasteiger partial charge in [-0.2, -0.15) is 0 Å². The zero-order chi connectivity index (χ0) is 9.80. The molecule has 0 aromatic carbocycles. The number of aryl methyl sites for hydroxylation is 1. The second kappa shape index (κ2) is 4.76. The van der Waals surface area contributed by atoms with Crippen LogP contribution in [0.4, 0.5) is 0 Å². The molecule has 0 unspecified atom stereocenters. The van der Waals surface area contributed by atoms with Gasteiger partial charge in [-0.3, -0.25) is 0 Å². The molecule has 0 saturated carbocycles. The van der Waals surface area contributed by atoms with Crippen LogP contribution in [-0.4, -0.2) is 6.04 Å². The Kier molecular flexibility index (Phi) is 3.38. The van der Waals surface area contributed by atoms with Gasteiger partial charge in [-0.05, 0) is 31.4 Å². The largest absolute Gasteiger partial charge is 0.308 e. The van der Waals surface area contributed by atoms with Gasteiger partial charge in [0.25, 0.3) is 0 Å². The first kappa shape index (κ1) is 9.94. The molecule has 0 radical (unpaired) electrons. The summed E-state index contributed by atoms with van der Waals surface area (Å²) in [5, 5.41) is 3.58. The molecule has 1 nitrogen and oxygen atoms in total. The van der Waals surface area contributed by atoms with Crippen LogP contribution in [0.15, 0.2) is 24.3 Å². The van der Waals surface area contributed by atoms with E-state index in [-0.39, 0.29) is 0 Å². The topological polar surface area (TPSA) is 12.0 Å². The third kappa shape index (κ3) is 2.46. The Labute approximate surface area is 89.8 Å². The molecular weight excluding hydrogens is 190 g/mol. The molecule has 0 saturated heterocycles. The minimum Gasteiger partial charge on any atom is -0.308 e. The lowest BCUT2D eigenvalue weighted by molar-refractivity contribution is 0.542. The van der Waals surface area contributed by atoms with Gasteiger partial charge in [0, 0.05) is 22.3 Å². The predicted molar refractivity (Wildman–Crippen MR) is 62.7 cm³/mol. The summed E-state index contributed by atoms with van der Waals surface area (Å²) in [6.07, 6.45) is 8.10. The second-order valence-electron chi connectivity index (χ2n) is 3.74. The van der Waals surface area contributed by atoms with E-state index >= 15 is 0 Å². The monoisotopic (exact) mass is 207 g/mol. The number of rotatable bonds is 4. The quantitative estimate of drug-likeness (QED) is 0.748. The van der Waals surface area contributed by atoms with Gasteiger partial charge < -0.3 is 5.32 Å². The van der Waals surface area contributed by atoms with E-state index in [1.807, 2.05) is 11.3 Å². The van der Waals surface area contributed by atoms with E-state index in [0.29, 0.717) is 6.04 Å². The maximum atomic E-state index is 3.58. The van der Waals surface area contributed by atoms with Crippen molar-refractivity contribution in [3.63, 3.8) is 0 Å². The van der Waals surface area contributed by atoms with E-state index in [4.69, 9.17) is 0 Å². The van der Waals surface area contributed by atoms with E-state index in [0.717, 1.165) is 13.0 Å². The van der Waals surface area contributed by atoms with Crippen LogP contribution in [0.25, 0.3) is 0 Å². The Morgan fingerprint density at radius 3 is 2.64 bits per heavy atom. The number of hydrogen-bond donors (Lipinski definition) is 1. The summed E-state index contributed by atoms with van der Waals surface area (Å²) in [7, 11) is 0. The van der Waals surface area contributed by atoms with Crippen LogP contribution < -0.4 is 5.32 Å². The van der Waals surface area contributed by atoms with Crippen LogP contribution in [-0.2, 0) is 13.0 Å². The van der Waals surface area contributed by atoms with Gasteiger partial charge in [0.1, 0.15) is 0 Å². The molecule has 0 amide bonds. The predicted octanol–water partition coefficient (Wildman–Crippen LogP) is 3.12. The first-order valence-corrected chi connectivity index (χ1v) is 6.16. The van der Waals surface area contributed by atoms with E-state index in [1.54, 1.807) is 0 Å². The molecule has 2 rings (SSSR count). The standard InChI is InChI=1S/C12H17NS/c1-2-11-7-8-12(14-11)9-13-10-5-3-4-6-10/h3-4,7-8,10,13H,2,5-6,9H2,1H3. The molecule has 1 aromatic rings. The van der Waals surface area contributed by atoms with Crippen LogP contribution in [0.1, 0.15) is 29.5 Å². The average molecular weight is 207 g/mol. The van der Waals surface area contributed by atoms with E-state index in [9.17, 15) is 0 Å². The molecule has 0 bridgehead atoms. The molecule has 1 heterocycles. The van der Waals surface area contributed by atoms with E-state index < -0.39 is 0 Å². The fourth-order valence-electron chi connectivity index (χ4n) is 1.74. The van der Waals surface area contributed by atoms with E-state index in [1.165, 1.54) is 22.6 Å². The minimum atomic E-state index is 0.683. The molecule has 1 aromatic heterocycles. The number of thiophene rings is 1. The molecular formula is C12H17NS. The fourth-order valence-corrected chi connectivity index (χ4v) is 2.64. The highest BCUT2D eigenvalue weighted by molar-refractivity contribution is 7.11. The van der Waals surface area contributed by atoms with Crippen molar-refractivity contribution in [3.05, 3.63) is 34.0 Å². The zero-order valence-electron chi connectivity index (χ0n) is 8.62. The molecule has 2 heteroatoms. The number of nitrogens with one attached hydrogen (secondary N) is 1. The SMILES string of the molecule is CCc1ccc(CNC2CC=CC2)s1. The summed E-state index contributed by atoms with van der Waals surface area (Å²) in [5.74, 6) is 0. The normalized spacial score (nSPS) is 16.6. The van der Waals surface area contributed by atoms with Crippen molar-refractivity contribution in [2.75, 3.05) is 0 Å². The molecule has 1 aliphatic rings. The summed E-state index contributed by atoms with van der Waals surface area (Å²) in [4.78, 5) is 2.96. The Balaban J connectivity index is 1.79. The maximum absolute atomic E-state index is 3.58. The van der Waals surface area contributed by atoms with Crippen molar-refractivity contribution in [2.45, 2.75) is 38.8 Å². The Morgan fingerprint density at radius 2 is 2.00 bits per heavy atom. The highest BCUT2D eigenvalue weighted by Gasteiger charge is 2.09. The lowest BCUT2D eigenvalue weighted by Gasteiger charge is -2.10. The van der Waals surface area contributed by atoms with E-state index in [2.05, 4.69) is 36.5 Å². The van der Waals surface area contributed by atoms with Crippen molar-refractivity contribution in [2.24, 2.45) is 0 Å². The molecule has 0 atom stereocenters. The summed E-state index contributed by atoms with van der Waals surface area (Å²) in [5.41, 5.74) is 0. The highest BCUT2D eigenvalue weighted by Crippen LogP contribution is 2.17. The van der Waals surface area contributed by atoms with Gasteiger partial charge in [0.05, 0.1) is 0 Å². The summed E-state index contributed by atoms with van der Waals surface area (Å²) in [6.45, 7) is 3.25. The van der Waals surface area contributed by atoms with Crippen molar-refractivity contribution < 1.29 is 0 Å². The highest BCUT2D eigenvalue weighted by atomic mass is 32.1. The molecule has 14 heavy (non-hydrogen) atoms. The van der Waals surface area contributed by atoms with Gasteiger partial charge in [0.2, 0.25) is 0 Å². The zero-order valence-corrected chi connectivity index (χ0v) is 9.44. The first-order valence-electron chi connectivity index (χ1n) is 5.34. The molecule has 1 aliphatic carbocycles. The second-order valence-corrected chi connectivity index (χ2v) is 5.00. The molecule has 1 N–H and O–H groups in total. The van der Waals surface area contributed by atoms with Crippen LogP contribution in [0, 0.1) is 0 Å². The maximum Gasteiger partial charge on any atom is 0.0302 e. The third-order valence-electron chi connectivity index (χ3n) is 2.64. The van der Waals surface area contributed by atoms with Gasteiger partial charge in [-0.1, -0.05) is 19.1 Å². The van der Waals surface area contributed by atoms with Crippen LogP contribution in [0.2, 0.25) is 0 Å². The van der Waals surface area contributed by atoms with Crippen LogP contribution >= 0.6 is 11.3 Å². The summed E-state index contributed by atoms with van der Waals surface area (Å²) in [6, 6.07) is 5.18. The van der Waals surface area contributed by atoms with Crippen molar-refractivity contribution in [1.29, 1.82) is 0 Å². The summed E-state index contributed by atoms with van der Waals surface area (Å²) < 4.78 is 0. The van der Waals surface area contributed by atoms with Crippen molar-refractivity contribution >= 4 is 11.3 Å². The third-order valence-corrected chi connectivity index (χ3v) is 3.87. The van der Waals surface area contributed by atoms with Crippen LogP contribution in [0.3, 0.4) is 0 Å². The van der Waals surface area contributed by atoms with Crippen molar-refractivity contribution in [3.8, 4) is 0 Å². The summed E-state index contributed by atoms with van der Waals surface area (Å²) >= 11 is 1.93. The lowest BCUT2D eigenvalue weighted by Crippen LogP contribution is -2.25. The molecule has 0 fully saturated rings. The van der Waals surface area contributed by atoms with Gasteiger partial charge in [-0.15, -0.1) is 11.3 Å². The fraction of sp³-hybridized carbons (Fsp3) is 0.500. The Bertz CT molecular complexity index is 306. The average Bonchev–Trinajstić information content (AvgIpc) is 2.86. The lowest BCUT2D eigenvalue weighted by atomic mass is 10.2. The van der Waals surface area contributed by atoms with Crippen molar-refractivity contribution in [1.82, 2.24) is 5.32 Å². The number of hydrogen-bond acceptors (Lipinski definition) is 2. The van der Waals surface area contributed by atoms with Gasteiger partial charge >= 0.3 is 0 Å². The molecule has 0 spiro atoms. The molecule has 76 valence electrons. The Hall–Kier alpha value is -0.600. The first-order chi connectivity index (χ1) is 6.88. The Morgan fingerprint density at radius 1 is 1.29 bits per heavy atom. The molecule has 0 aliphatic heterocycles. The smallest absolute Gasteiger partial charge is 0.0302 e. The van der Waals surface area contributed by atoms with Crippen LogP contribution in [0.5, 0.6) is 0 Å².